The maximum Gasteiger partial charge on any atom is 0.188 e. The van der Waals surface area contributed by atoms with Gasteiger partial charge in [-0.15, -0.1) is 0 Å². The summed E-state index contributed by atoms with van der Waals surface area (Å²) in [7, 11) is 1.63. The number of ketones is 1. The first kappa shape index (κ1) is 18.3. The van der Waals surface area contributed by atoms with Crippen LogP contribution in [0.1, 0.15) is 10.4 Å². The molecule has 0 N–H and O–H groups in total. The number of benzene rings is 1. The van der Waals surface area contributed by atoms with E-state index in [0.29, 0.717) is 45.2 Å². The first-order valence-electron chi connectivity index (χ1n) is 6.75. The van der Waals surface area contributed by atoms with Gasteiger partial charge in [-0.1, -0.05) is 28.1 Å². The van der Waals surface area contributed by atoms with E-state index < -0.39 is 0 Å². The summed E-state index contributed by atoms with van der Waals surface area (Å²) in [4.78, 5) is 11.8. The topological polar surface area (TPSA) is 54.0 Å². The summed E-state index contributed by atoms with van der Waals surface area (Å²) < 4.78 is 21.6. The standard InChI is InChI=1S/C15H21BrO5/c1-18-5-6-19-7-8-20-9-10-21-12-15(17)13-3-2-4-14(16)11-13/h2-4,11H,5-10,12H2,1H3. The van der Waals surface area contributed by atoms with Crippen molar-refractivity contribution in [3.8, 4) is 0 Å². The molecule has 6 heteroatoms. The summed E-state index contributed by atoms with van der Waals surface area (Å²) in [6.45, 7) is 3.08. The van der Waals surface area contributed by atoms with Crippen molar-refractivity contribution in [3.05, 3.63) is 34.3 Å². The largest absolute Gasteiger partial charge is 0.382 e. The highest BCUT2D eigenvalue weighted by Gasteiger charge is 2.05. The maximum absolute atomic E-state index is 11.8. The van der Waals surface area contributed by atoms with E-state index >= 15 is 0 Å². The number of Topliss-reactive ketones (excluding diaryl/α,β-unsaturated/α-hetero) is 1. The average Bonchev–Trinajstić information content (AvgIpc) is 2.49. The third-order valence-electron chi connectivity index (χ3n) is 2.56. The third-order valence-corrected chi connectivity index (χ3v) is 3.05. The fourth-order valence-electron chi connectivity index (χ4n) is 1.49. The van der Waals surface area contributed by atoms with Gasteiger partial charge in [0.15, 0.2) is 5.78 Å². The Morgan fingerprint density at radius 2 is 1.62 bits per heavy atom. The minimum absolute atomic E-state index is 0.0424. The Balaban J connectivity index is 1.98. The van der Waals surface area contributed by atoms with E-state index in [9.17, 15) is 4.79 Å². The van der Waals surface area contributed by atoms with Crippen molar-refractivity contribution in [3.63, 3.8) is 0 Å². The number of ether oxygens (including phenoxy) is 4. The molecule has 0 amide bonds. The summed E-state index contributed by atoms with van der Waals surface area (Å²) in [5.74, 6) is -0.0424. The van der Waals surface area contributed by atoms with Crippen LogP contribution < -0.4 is 0 Å². The van der Waals surface area contributed by atoms with Crippen LogP contribution in [0.2, 0.25) is 0 Å². The van der Waals surface area contributed by atoms with Crippen molar-refractivity contribution in [1.29, 1.82) is 0 Å². The zero-order chi connectivity index (χ0) is 15.3. The molecule has 0 atom stereocenters. The monoisotopic (exact) mass is 360 g/mol. The van der Waals surface area contributed by atoms with E-state index in [0.717, 1.165) is 4.47 Å². The van der Waals surface area contributed by atoms with Gasteiger partial charge in [-0.2, -0.15) is 0 Å². The number of halogens is 1. The average molecular weight is 361 g/mol. The first-order valence-corrected chi connectivity index (χ1v) is 7.54. The zero-order valence-corrected chi connectivity index (χ0v) is 13.8. The SMILES string of the molecule is COCCOCCOCCOCC(=O)c1cccc(Br)c1. The fraction of sp³-hybridized carbons (Fsp3) is 0.533. The predicted molar refractivity (Wildman–Crippen MR) is 82.8 cm³/mol. The highest BCUT2D eigenvalue weighted by Crippen LogP contribution is 2.12. The molecule has 0 bridgehead atoms. The lowest BCUT2D eigenvalue weighted by Gasteiger charge is -2.06. The van der Waals surface area contributed by atoms with Gasteiger partial charge in [-0.3, -0.25) is 4.79 Å². The lowest BCUT2D eigenvalue weighted by atomic mass is 10.1. The van der Waals surface area contributed by atoms with Crippen LogP contribution in [0.4, 0.5) is 0 Å². The molecule has 118 valence electrons. The molecule has 0 heterocycles. The number of carbonyl (C=O) groups is 1. The van der Waals surface area contributed by atoms with E-state index in [4.69, 9.17) is 18.9 Å². The normalized spacial score (nSPS) is 10.8. The molecule has 0 aliphatic heterocycles. The minimum Gasteiger partial charge on any atom is -0.382 e. The molecule has 0 aliphatic carbocycles. The van der Waals surface area contributed by atoms with E-state index in [1.165, 1.54) is 0 Å². The van der Waals surface area contributed by atoms with Crippen LogP contribution in [-0.2, 0) is 18.9 Å². The van der Waals surface area contributed by atoms with Crippen LogP contribution in [0.3, 0.4) is 0 Å². The van der Waals surface area contributed by atoms with Crippen molar-refractivity contribution in [2.75, 3.05) is 53.4 Å². The molecule has 1 aromatic rings. The summed E-state index contributed by atoms with van der Waals surface area (Å²) in [6, 6.07) is 7.24. The summed E-state index contributed by atoms with van der Waals surface area (Å²) in [5, 5.41) is 0. The van der Waals surface area contributed by atoms with Crippen LogP contribution in [0.15, 0.2) is 28.7 Å². The molecule has 1 aromatic carbocycles. The quantitative estimate of drug-likeness (QED) is 0.423. The molecule has 1 rings (SSSR count). The molecule has 0 saturated heterocycles. The van der Waals surface area contributed by atoms with Gasteiger partial charge in [-0.25, -0.2) is 0 Å². The van der Waals surface area contributed by atoms with E-state index in [1.54, 1.807) is 19.2 Å². The Bertz CT molecular complexity index is 411. The van der Waals surface area contributed by atoms with Gasteiger partial charge in [0.25, 0.3) is 0 Å². The molecule has 0 spiro atoms. The molecular weight excluding hydrogens is 340 g/mol. The predicted octanol–water partition coefficient (Wildman–Crippen LogP) is 2.33. The molecule has 0 unspecified atom stereocenters. The lowest BCUT2D eigenvalue weighted by Crippen LogP contribution is -2.14. The summed E-state index contributed by atoms with van der Waals surface area (Å²) in [5.41, 5.74) is 0.636. The lowest BCUT2D eigenvalue weighted by molar-refractivity contribution is 0.00492. The van der Waals surface area contributed by atoms with Crippen molar-refractivity contribution in [2.45, 2.75) is 0 Å². The Morgan fingerprint density at radius 3 is 2.24 bits per heavy atom. The Hall–Kier alpha value is -0.790. The number of hydrogen-bond donors (Lipinski definition) is 0. The number of rotatable bonds is 12. The second kappa shape index (κ2) is 11.8. The van der Waals surface area contributed by atoms with Crippen LogP contribution >= 0.6 is 15.9 Å². The van der Waals surface area contributed by atoms with E-state index in [1.807, 2.05) is 12.1 Å². The van der Waals surface area contributed by atoms with Crippen LogP contribution in [0.25, 0.3) is 0 Å². The Morgan fingerprint density at radius 1 is 1.00 bits per heavy atom. The second-order valence-electron chi connectivity index (χ2n) is 4.20. The highest BCUT2D eigenvalue weighted by atomic mass is 79.9. The van der Waals surface area contributed by atoms with Crippen molar-refractivity contribution < 1.29 is 23.7 Å². The van der Waals surface area contributed by atoms with Gasteiger partial charge < -0.3 is 18.9 Å². The molecule has 0 aromatic heterocycles. The fourth-order valence-corrected chi connectivity index (χ4v) is 1.89. The molecule has 0 radical (unpaired) electrons. The van der Waals surface area contributed by atoms with Crippen LogP contribution in [0, 0.1) is 0 Å². The second-order valence-corrected chi connectivity index (χ2v) is 5.12. The smallest absolute Gasteiger partial charge is 0.188 e. The van der Waals surface area contributed by atoms with Gasteiger partial charge in [0.2, 0.25) is 0 Å². The van der Waals surface area contributed by atoms with Crippen molar-refractivity contribution in [2.24, 2.45) is 0 Å². The van der Waals surface area contributed by atoms with E-state index in [2.05, 4.69) is 15.9 Å². The van der Waals surface area contributed by atoms with Crippen LogP contribution in [-0.4, -0.2) is 59.1 Å². The summed E-state index contributed by atoms with van der Waals surface area (Å²) >= 11 is 3.33. The van der Waals surface area contributed by atoms with Gasteiger partial charge in [-0.05, 0) is 12.1 Å². The third kappa shape index (κ3) is 8.95. The number of carbonyl (C=O) groups excluding carboxylic acids is 1. The molecule has 0 saturated carbocycles. The highest BCUT2D eigenvalue weighted by molar-refractivity contribution is 9.10. The Labute approximate surface area is 133 Å². The van der Waals surface area contributed by atoms with E-state index in [-0.39, 0.29) is 12.4 Å². The van der Waals surface area contributed by atoms with Gasteiger partial charge in [0.1, 0.15) is 6.61 Å². The minimum atomic E-state index is -0.0424. The van der Waals surface area contributed by atoms with Crippen LogP contribution in [0.5, 0.6) is 0 Å². The molecule has 0 fully saturated rings. The van der Waals surface area contributed by atoms with Gasteiger partial charge in [0.05, 0.1) is 39.6 Å². The molecular formula is C15H21BrO5. The Kier molecular flexibility index (Phi) is 10.3. The zero-order valence-electron chi connectivity index (χ0n) is 12.2. The maximum atomic E-state index is 11.8. The van der Waals surface area contributed by atoms with Gasteiger partial charge in [0, 0.05) is 17.1 Å². The van der Waals surface area contributed by atoms with Gasteiger partial charge >= 0.3 is 0 Å². The summed E-state index contributed by atoms with van der Waals surface area (Å²) in [6.07, 6.45) is 0. The van der Waals surface area contributed by atoms with Crippen molar-refractivity contribution >= 4 is 21.7 Å². The number of hydrogen-bond acceptors (Lipinski definition) is 5. The molecule has 5 nitrogen and oxygen atoms in total. The first-order chi connectivity index (χ1) is 10.2. The van der Waals surface area contributed by atoms with Crippen molar-refractivity contribution in [1.82, 2.24) is 0 Å². The number of methoxy groups -OCH3 is 1. The molecule has 0 aliphatic rings. The molecule has 21 heavy (non-hydrogen) atoms.